The molecule has 0 spiro atoms. The van der Waals surface area contributed by atoms with Gasteiger partial charge in [0.2, 0.25) is 0 Å². The highest BCUT2D eigenvalue weighted by atomic mass is 19.1. The lowest BCUT2D eigenvalue weighted by molar-refractivity contribution is 0.231. The first kappa shape index (κ1) is 10.3. The number of hydrogen-bond acceptors (Lipinski definition) is 3. The van der Waals surface area contributed by atoms with E-state index in [1.807, 2.05) is 0 Å². The van der Waals surface area contributed by atoms with Gasteiger partial charge >= 0.3 is 0 Å². The van der Waals surface area contributed by atoms with Crippen molar-refractivity contribution in [1.29, 1.82) is 5.26 Å². The predicted molar refractivity (Wildman–Crippen MR) is 48.5 cm³/mol. The first-order valence-corrected chi connectivity index (χ1v) is 4.14. The molecule has 0 aliphatic rings. The van der Waals surface area contributed by atoms with Crippen molar-refractivity contribution in [2.45, 2.75) is 20.0 Å². The molecule has 0 fully saturated rings. The fourth-order valence-electron chi connectivity index (χ4n) is 0.977. The molecule has 74 valence electrons. The number of phenolic OH excluding ortho intramolecular Hbond substituents is 1. The van der Waals surface area contributed by atoms with Gasteiger partial charge in [0.05, 0.1) is 11.7 Å². The van der Waals surface area contributed by atoms with Gasteiger partial charge in [0.1, 0.15) is 11.9 Å². The Labute approximate surface area is 81.4 Å². The fourth-order valence-corrected chi connectivity index (χ4v) is 0.977. The van der Waals surface area contributed by atoms with Gasteiger partial charge in [-0.3, -0.25) is 0 Å². The molecular weight excluding hydrogens is 185 g/mol. The van der Waals surface area contributed by atoms with Gasteiger partial charge in [0.25, 0.3) is 0 Å². The topological polar surface area (TPSA) is 53.2 Å². The van der Waals surface area contributed by atoms with Gasteiger partial charge in [-0.15, -0.1) is 0 Å². The first-order chi connectivity index (χ1) is 6.54. The normalized spacial score (nSPS) is 9.93. The highest BCUT2D eigenvalue weighted by Crippen LogP contribution is 2.29. The minimum Gasteiger partial charge on any atom is -0.504 e. The minimum absolute atomic E-state index is 0.123. The average molecular weight is 195 g/mol. The van der Waals surface area contributed by atoms with Crippen LogP contribution in [-0.2, 0) is 0 Å². The van der Waals surface area contributed by atoms with Crippen molar-refractivity contribution in [2.75, 3.05) is 0 Å². The average Bonchev–Trinajstić information content (AvgIpc) is 2.09. The Morgan fingerprint density at radius 1 is 1.50 bits per heavy atom. The highest BCUT2D eigenvalue weighted by Gasteiger charge is 2.10. The van der Waals surface area contributed by atoms with Crippen LogP contribution < -0.4 is 4.74 Å². The molecule has 3 nitrogen and oxygen atoms in total. The third kappa shape index (κ3) is 2.13. The van der Waals surface area contributed by atoms with Gasteiger partial charge in [-0.25, -0.2) is 4.39 Å². The first-order valence-electron chi connectivity index (χ1n) is 4.14. The van der Waals surface area contributed by atoms with Crippen molar-refractivity contribution in [3.63, 3.8) is 0 Å². The van der Waals surface area contributed by atoms with Crippen LogP contribution in [0, 0.1) is 17.1 Å². The standard InChI is InChI=1S/C10H10FNO2/c1-6(2)14-10-3-7(5-12)8(11)4-9(10)13/h3-4,6,13H,1-2H3. The molecule has 0 saturated heterocycles. The Bertz CT molecular complexity index is 382. The second-order valence-electron chi connectivity index (χ2n) is 3.08. The van der Waals surface area contributed by atoms with Gasteiger partial charge in [0.15, 0.2) is 11.5 Å². The molecule has 0 saturated carbocycles. The number of hydrogen-bond donors (Lipinski definition) is 1. The van der Waals surface area contributed by atoms with Crippen molar-refractivity contribution in [3.05, 3.63) is 23.5 Å². The summed E-state index contributed by atoms with van der Waals surface area (Å²) in [5.74, 6) is -0.922. The minimum atomic E-state index is -0.749. The van der Waals surface area contributed by atoms with Crippen LogP contribution in [-0.4, -0.2) is 11.2 Å². The summed E-state index contributed by atoms with van der Waals surface area (Å²) in [5, 5.41) is 17.8. The summed E-state index contributed by atoms with van der Waals surface area (Å²) in [6.45, 7) is 3.55. The fraction of sp³-hybridized carbons (Fsp3) is 0.300. The molecule has 0 amide bonds. The molecule has 0 heterocycles. The second kappa shape index (κ2) is 3.97. The molecule has 4 heteroatoms. The predicted octanol–water partition coefficient (Wildman–Crippen LogP) is 2.19. The smallest absolute Gasteiger partial charge is 0.162 e. The van der Waals surface area contributed by atoms with Crippen molar-refractivity contribution in [1.82, 2.24) is 0 Å². The van der Waals surface area contributed by atoms with Crippen LogP contribution in [0.4, 0.5) is 4.39 Å². The van der Waals surface area contributed by atoms with Crippen molar-refractivity contribution in [3.8, 4) is 17.6 Å². The summed E-state index contributed by atoms with van der Waals surface area (Å²) in [6, 6.07) is 3.73. The van der Waals surface area contributed by atoms with Gasteiger partial charge in [-0.05, 0) is 13.8 Å². The largest absolute Gasteiger partial charge is 0.504 e. The molecule has 0 aromatic heterocycles. The van der Waals surface area contributed by atoms with E-state index in [4.69, 9.17) is 10.00 Å². The molecule has 14 heavy (non-hydrogen) atoms. The molecule has 1 aromatic rings. The molecule has 0 aliphatic heterocycles. The number of aromatic hydroxyl groups is 1. The summed E-state index contributed by atoms with van der Waals surface area (Å²) in [5.41, 5.74) is -0.140. The van der Waals surface area contributed by atoms with Crippen molar-refractivity contribution in [2.24, 2.45) is 0 Å². The zero-order chi connectivity index (χ0) is 10.7. The quantitative estimate of drug-likeness (QED) is 0.786. The number of nitrogens with zero attached hydrogens (tertiary/aromatic N) is 1. The van der Waals surface area contributed by atoms with Crippen molar-refractivity contribution >= 4 is 0 Å². The van der Waals surface area contributed by atoms with E-state index >= 15 is 0 Å². The molecular formula is C10H10FNO2. The molecule has 0 unspecified atom stereocenters. The molecule has 0 aliphatic carbocycles. The molecule has 0 radical (unpaired) electrons. The zero-order valence-electron chi connectivity index (χ0n) is 7.91. The van der Waals surface area contributed by atoms with Crippen LogP contribution >= 0.6 is 0 Å². The Kier molecular flexibility index (Phi) is 2.92. The lowest BCUT2D eigenvalue weighted by atomic mass is 10.2. The van der Waals surface area contributed by atoms with Crippen LogP contribution in [0.3, 0.4) is 0 Å². The highest BCUT2D eigenvalue weighted by molar-refractivity contribution is 5.46. The van der Waals surface area contributed by atoms with Gasteiger partial charge in [0, 0.05) is 12.1 Å². The third-order valence-corrected chi connectivity index (χ3v) is 1.53. The number of phenols is 1. The van der Waals surface area contributed by atoms with E-state index < -0.39 is 5.82 Å². The number of ether oxygens (including phenoxy) is 1. The SMILES string of the molecule is CC(C)Oc1cc(C#N)c(F)cc1O. The molecule has 1 N–H and O–H groups in total. The Morgan fingerprint density at radius 3 is 2.64 bits per heavy atom. The van der Waals surface area contributed by atoms with E-state index in [2.05, 4.69) is 0 Å². The van der Waals surface area contributed by atoms with E-state index in [9.17, 15) is 9.50 Å². The zero-order valence-corrected chi connectivity index (χ0v) is 7.91. The van der Waals surface area contributed by atoms with E-state index in [0.29, 0.717) is 0 Å². The van der Waals surface area contributed by atoms with Crippen LogP contribution in [0.15, 0.2) is 12.1 Å². The molecule has 1 rings (SSSR count). The molecule has 0 atom stereocenters. The second-order valence-corrected chi connectivity index (χ2v) is 3.08. The number of halogens is 1. The summed E-state index contributed by atoms with van der Waals surface area (Å²) in [4.78, 5) is 0. The number of rotatable bonds is 2. The number of benzene rings is 1. The summed E-state index contributed by atoms with van der Waals surface area (Å²) >= 11 is 0. The van der Waals surface area contributed by atoms with Crippen LogP contribution in [0.5, 0.6) is 11.5 Å². The maximum absolute atomic E-state index is 12.9. The number of nitriles is 1. The Morgan fingerprint density at radius 2 is 2.14 bits per heavy atom. The monoisotopic (exact) mass is 195 g/mol. The molecule has 1 aromatic carbocycles. The van der Waals surface area contributed by atoms with Crippen LogP contribution in [0.25, 0.3) is 0 Å². The summed E-state index contributed by atoms with van der Waals surface area (Å²) < 4.78 is 18.1. The lowest BCUT2D eigenvalue weighted by Gasteiger charge is -2.11. The Balaban J connectivity index is 3.12. The summed E-state index contributed by atoms with van der Waals surface area (Å²) in [6.07, 6.45) is -0.141. The maximum atomic E-state index is 12.9. The van der Waals surface area contributed by atoms with E-state index in [1.54, 1.807) is 19.9 Å². The Hall–Kier alpha value is -1.76. The van der Waals surface area contributed by atoms with E-state index in [1.165, 1.54) is 6.07 Å². The van der Waals surface area contributed by atoms with E-state index in [0.717, 1.165) is 6.07 Å². The lowest BCUT2D eigenvalue weighted by Crippen LogP contribution is -2.06. The van der Waals surface area contributed by atoms with Crippen molar-refractivity contribution < 1.29 is 14.2 Å². The maximum Gasteiger partial charge on any atom is 0.162 e. The van der Waals surface area contributed by atoms with Crippen LogP contribution in [0.1, 0.15) is 19.4 Å². The van der Waals surface area contributed by atoms with Crippen LogP contribution in [0.2, 0.25) is 0 Å². The molecule has 0 bridgehead atoms. The van der Waals surface area contributed by atoms with Gasteiger partial charge in [-0.2, -0.15) is 5.26 Å². The summed E-state index contributed by atoms with van der Waals surface area (Å²) in [7, 11) is 0. The third-order valence-electron chi connectivity index (χ3n) is 1.53. The van der Waals surface area contributed by atoms with E-state index in [-0.39, 0.29) is 23.2 Å². The van der Waals surface area contributed by atoms with Gasteiger partial charge < -0.3 is 9.84 Å². The van der Waals surface area contributed by atoms with Gasteiger partial charge in [-0.1, -0.05) is 0 Å².